The Balaban J connectivity index is 2.36. The molecule has 3 nitrogen and oxygen atoms in total. The van der Waals surface area contributed by atoms with E-state index in [4.69, 9.17) is 0 Å². The molecule has 0 spiro atoms. The third-order valence-electron chi connectivity index (χ3n) is 2.31. The fourth-order valence-corrected chi connectivity index (χ4v) is 1.66. The highest BCUT2D eigenvalue weighted by atomic mass is 19.3. The van der Waals surface area contributed by atoms with E-state index in [1.54, 1.807) is 12.1 Å². The standard InChI is InChI=1S/C11H9F2NO2/c1-11(12,13)6-14-9(15)7-4-2-3-5-8(7)10(14)16/h2-5H,6H2,1H3. The van der Waals surface area contributed by atoms with Crippen molar-refractivity contribution >= 4 is 11.8 Å². The van der Waals surface area contributed by atoms with Crippen LogP contribution in [0.2, 0.25) is 0 Å². The second kappa shape index (κ2) is 3.37. The summed E-state index contributed by atoms with van der Waals surface area (Å²) >= 11 is 0. The summed E-state index contributed by atoms with van der Waals surface area (Å²) in [5.74, 6) is -4.38. The van der Waals surface area contributed by atoms with Gasteiger partial charge < -0.3 is 0 Å². The van der Waals surface area contributed by atoms with Crippen LogP contribution in [-0.2, 0) is 0 Å². The Kier molecular flexibility index (Phi) is 2.26. The van der Waals surface area contributed by atoms with E-state index >= 15 is 0 Å². The first-order valence-electron chi connectivity index (χ1n) is 4.73. The fraction of sp³-hybridized carbons (Fsp3) is 0.273. The van der Waals surface area contributed by atoms with E-state index in [9.17, 15) is 18.4 Å². The molecule has 1 aliphatic rings. The molecule has 1 aromatic carbocycles. The molecule has 0 aliphatic carbocycles. The normalized spacial score (nSPS) is 15.6. The molecule has 0 radical (unpaired) electrons. The number of hydrogen-bond donors (Lipinski definition) is 0. The third kappa shape index (κ3) is 1.68. The van der Waals surface area contributed by atoms with Crippen molar-refractivity contribution in [2.24, 2.45) is 0 Å². The lowest BCUT2D eigenvalue weighted by Crippen LogP contribution is -2.38. The van der Waals surface area contributed by atoms with Crippen molar-refractivity contribution in [1.82, 2.24) is 4.90 Å². The molecule has 0 N–H and O–H groups in total. The highest BCUT2D eigenvalue weighted by Crippen LogP contribution is 2.25. The molecule has 1 aromatic rings. The highest BCUT2D eigenvalue weighted by molar-refractivity contribution is 6.21. The van der Waals surface area contributed by atoms with E-state index in [0.29, 0.717) is 11.8 Å². The number of nitrogens with zero attached hydrogens (tertiary/aromatic N) is 1. The van der Waals surface area contributed by atoms with Crippen molar-refractivity contribution in [3.05, 3.63) is 35.4 Å². The molecule has 0 saturated carbocycles. The number of fused-ring (bicyclic) bond motifs is 1. The van der Waals surface area contributed by atoms with Crippen molar-refractivity contribution in [3.63, 3.8) is 0 Å². The van der Waals surface area contributed by atoms with Crippen molar-refractivity contribution in [3.8, 4) is 0 Å². The molecule has 1 aliphatic heterocycles. The molecule has 0 saturated heterocycles. The molecular weight excluding hydrogens is 216 g/mol. The molecule has 84 valence electrons. The number of halogens is 2. The summed E-state index contributed by atoms with van der Waals surface area (Å²) in [4.78, 5) is 23.9. The van der Waals surface area contributed by atoms with Crippen LogP contribution in [0.25, 0.3) is 0 Å². The van der Waals surface area contributed by atoms with Gasteiger partial charge in [-0.2, -0.15) is 0 Å². The average molecular weight is 225 g/mol. The molecule has 0 bridgehead atoms. The van der Waals surface area contributed by atoms with Crippen LogP contribution in [0.3, 0.4) is 0 Å². The Morgan fingerprint density at radius 2 is 1.56 bits per heavy atom. The van der Waals surface area contributed by atoms with Gasteiger partial charge in [0, 0.05) is 6.92 Å². The van der Waals surface area contributed by atoms with E-state index in [-0.39, 0.29) is 11.1 Å². The maximum Gasteiger partial charge on any atom is 0.263 e. The maximum atomic E-state index is 12.8. The first-order chi connectivity index (χ1) is 7.40. The van der Waals surface area contributed by atoms with E-state index in [0.717, 1.165) is 0 Å². The van der Waals surface area contributed by atoms with Crippen LogP contribution in [0.15, 0.2) is 24.3 Å². The van der Waals surface area contributed by atoms with Crippen LogP contribution in [-0.4, -0.2) is 29.2 Å². The van der Waals surface area contributed by atoms with Gasteiger partial charge in [-0.05, 0) is 12.1 Å². The van der Waals surface area contributed by atoms with Crippen molar-refractivity contribution in [1.29, 1.82) is 0 Å². The Morgan fingerprint density at radius 1 is 1.12 bits per heavy atom. The first kappa shape index (κ1) is 10.7. The summed E-state index contributed by atoms with van der Waals surface area (Å²) in [6.07, 6.45) is 0. The van der Waals surface area contributed by atoms with Crippen LogP contribution in [0.1, 0.15) is 27.6 Å². The summed E-state index contributed by atoms with van der Waals surface area (Å²) in [7, 11) is 0. The largest absolute Gasteiger partial charge is 0.269 e. The monoisotopic (exact) mass is 225 g/mol. The lowest BCUT2D eigenvalue weighted by molar-refractivity contribution is -0.00666. The molecule has 0 aromatic heterocycles. The molecule has 0 unspecified atom stereocenters. The van der Waals surface area contributed by atoms with Crippen molar-refractivity contribution < 1.29 is 18.4 Å². The number of benzene rings is 1. The van der Waals surface area contributed by atoms with Crippen LogP contribution < -0.4 is 0 Å². The lowest BCUT2D eigenvalue weighted by atomic mass is 10.1. The van der Waals surface area contributed by atoms with E-state index in [1.165, 1.54) is 12.1 Å². The SMILES string of the molecule is CC(F)(F)CN1C(=O)c2ccccc2C1=O. The molecule has 0 fully saturated rings. The molecule has 2 amide bonds. The quantitative estimate of drug-likeness (QED) is 0.721. The number of carbonyl (C=O) groups is 2. The first-order valence-corrected chi connectivity index (χ1v) is 4.73. The maximum absolute atomic E-state index is 12.8. The van der Waals surface area contributed by atoms with Gasteiger partial charge in [-0.25, -0.2) is 8.78 Å². The summed E-state index contributed by atoms with van der Waals surface area (Å²) in [6.45, 7) is -0.199. The minimum atomic E-state index is -3.08. The van der Waals surface area contributed by atoms with Gasteiger partial charge in [0.25, 0.3) is 17.7 Å². The number of alkyl halides is 2. The summed E-state index contributed by atoms with van der Waals surface area (Å²) in [5, 5.41) is 0. The van der Waals surface area contributed by atoms with Gasteiger partial charge in [-0.15, -0.1) is 0 Å². The second-order valence-electron chi connectivity index (χ2n) is 3.81. The number of imide groups is 1. The van der Waals surface area contributed by atoms with Crippen molar-refractivity contribution in [2.75, 3.05) is 6.54 Å². The predicted molar refractivity (Wildman–Crippen MR) is 52.4 cm³/mol. The summed E-state index contributed by atoms with van der Waals surface area (Å²) < 4.78 is 25.6. The second-order valence-corrected chi connectivity index (χ2v) is 3.81. The van der Waals surface area contributed by atoms with Gasteiger partial charge in [-0.1, -0.05) is 12.1 Å². The van der Waals surface area contributed by atoms with E-state index in [2.05, 4.69) is 0 Å². The fourth-order valence-electron chi connectivity index (χ4n) is 1.66. The molecular formula is C11H9F2NO2. The topological polar surface area (TPSA) is 37.4 Å². The number of hydrogen-bond acceptors (Lipinski definition) is 2. The zero-order valence-electron chi connectivity index (χ0n) is 8.54. The van der Waals surface area contributed by atoms with Crippen LogP contribution in [0.4, 0.5) is 8.78 Å². The Bertz CT molecular complexity index is 430. The Hall–Kier alpha value is -1.78. The summed E-state index contributed by atoms with van der Waals surface area (Å²) in [5.41, 5.74) is 0.383. The third-order valence-corrected chi connectivity index (χ3v) is 2.31. The van der Waals surface area contributed by atoms with Gasteiger partial charge >= 0.3 is 0 Å². The van der Waals surface area contributed by atoms with Gasteiger partial charge in [0.15, 0.2) is 0 Å². The van der Waals surface area contributed by atoms with E-state index in [1.807, 2.05) is 0 Å². The van der Waals surface area contributed by atoms with Crippen LogP contribution in [0, 0.1) is 0 Å². The van der Waals surface area contributed by atoms with Crippen LogP contribution >= 0.6 is 0 Å². The lowest BCUT2D eigenvalue weighted by Gasteiger charge is -2.18. The zero-order chi connectivity index (χ0) is 11.9. The Labute approximate surface area is 90.7 Å². The number of carbonyl (C=O) groups excluding carboxylic acids is 2. The highest BCUT2D eigenvalue weighted by Gasteiger charge is 2.39. The van der Waals surface area contributed by atoms with Gasteiger partial charge in [0.05, 0.1) is 17.7 Å². The minimum Gasteiger partial charge on any atom is -0.269 e. The number of amides is 2. The smallest absolute Gasteiger partial charge is 0.263 e. The molecule has 5 heteroatoms. The zero-order valence-corrected chi connectivity index (χ0v) is 8.54. The predicted octanol–water partition coefficient (Wildman–Crippen LogP) is 1.94. The molecule has 2 rings (SSSR count). The van der Waals surface area contributed by atoms with Gasteiger partial charge in [0.1, 0.15) is 0 Å². The van der Waals surface area contributed by atoms with Crippen LogP contribution in [0.5, 0.6) is 0 Å². The van der Waals surface area contributed by atoms with E-state index < -0.39 is 24.3 Å². The van der Waals surface area contributed by atoms with Crippen molar-refractivity contribution in [2.45, 2.75) is 12.8 Å². The minimum absolute atomic E-state index is 0.191. The van der Waals surface area contributed by atoms with Gasteiger partial charge in [0.2, 0.25) is 0 Å². The average Bonchev–Trinajstić information content (AvgIpc) is 2.43. The van der Waals surface area contributed by atoms with Gasteiger partial charge in [-0.3, -0.25) is 14.5 Å². The molecule has 0 atom stereocenters. The Morgan fingerprint density at radius 3 is 1.94 bits per heavy atom. The molecule has 1 heterocycles. The number of rotatable bonds is 2. The molecule has 16 heavy (non-hydrogen) atoms. The summed E-state index contributed by atoms with van der Waals surface area (Å²) in [6, 6.07) is 6.11.